The van der Waals surface area contributed by atoms with Gasteiger partial charge in [0.1, 0.15) is 12.4 Å². The van der Waals surface area contributed by atoms with Crippen LogP contribution in [0.2, 0.25) is 0 Å². The van der Waals surface area contributed by atoms with E-state index in [-0.39, 0.29) is 5.91 Å². The SMILES string of the molecule is C=CCc1ccc(OC(C)C(=O)Nc2ccc(OCc3ccccc3)cc2)c(OC)c1. The Bertz CT molecular complexity index is 1000. The largest absolute Gasteiger partial charge is 0.493 e. The molecule has 5 nitrogen and oxygen atoms in total. The lowest BCUT2D eigenvalue weighted by molar-refractivity contribution is -0.122. The first-order chi connectivity index (χ1) is 15.1. The normalized spacial score (nSPS) is 11.3. The predicted octanol–water partition coefficient (Wildman–Crippen LogP) is 5.41. The highest BCUT2D eigenvalue weighted by molar-refractivity contribution is 5.94. The molecule has 3 aromatic carbocycles. The zero-order valence-electron chi connectivity index (χ0n) is 17.8. The highest BCUT2D eigenvalue weighted by atomic mass is 16.5. The molecule has 1 unspecified atom stereocenters. The third-order valence-electron chi connectivity index (χ3n) is 4.65. The van der Waals surface area contributed by atoms with Crippen LogP contribution in [0.1, 0.15) is 18.1 Å². The second-order valence-corrected chi connectivity index (χ2v) is 7.03. The minimum Gasteiger partial charge on any atom is -0.493 e. The van der Waals surface area contributed by atoms with Gasteiger partial charge in [0, 0.05) is 5.69 Å². The molecular formula is C26H27NO4. The molecule has 0 aliphatic rings. The quantitative estimate of drug-likeness (QED) is 0.448. The van der Waals surface area contributed by atoms with Gasteiger partial charge in [-0.1, -0.05) is 42.5 Å². The average Bonchev–Trinajstić information content (AvgIpc) is 2.80. The minimum absolute atomic E-state index is 0.254. The van der Waals surface area contributed by atoms with Gasteiger partial charge in [-0.05, 0) is 60.9 Å². The fraction of sp³-hybridized carbons (Fsp3) is 0.192. The zero-order chi connectivity index (χ0) is 22.1. The van der Waals surface area contributed by atoms with E-state index in [1.165, 1.54) is 0 Å². The Hall–Kier alpha value is -3.73. The number of hydrogen-bond donors (Lipinski definition) is 1. The Kier molecular flexibility index (Phi) is 7.71. The number of nitrogens with one attached hydrogen (secondary N) is 1. The Morgan fingerprint density at radius 2 is 1.74 bits per heavy atom. The summed E-state index contributed by atoms with van der Waals surface area (Å²) in [5, 5.41) is 2.86. The van der Waals surface area contributed by atoms with Gasteiger partial charge in [0.2, 0.25) is 0 Å². The molecule has 0 heterocycles. The first kappa shape index (κ1) is 22.0. The third kappa shape index (κ3) is 6.37. The van der Waals surface area contributed by atoms with E-state index in [4.69, 9.17) is 14.2 Å². The lowest BCUT2D eigenvalue weighted by Crippen LogP contribution is -2.30. The molecule has 0 aliphatic heterocycles. The number of carbonyl (C=O) groups excluding carboxylic acids is 1. The summed E-state index contributed by atoms with van der Waals surface area (Å²) in [5.74, 6) is 1.58. The molecule has 0 fully saturated rings. The molecule has 1 N–H and O–H groups in total. The summed E-state index contributed by atoms with van der Waals surface area (Å²) in [6.45, 7) is 5.93. The Morgan fingerprint density at radius 3 is 2.42 bits per heavy atom. The van der Waals surface area contributed by atoms with Crippen LogP contribution in [0.5, 0.6) is 17.2 Å². The van der Waals surface area contributed by atoms with Crippen LogP contribution in [0.4, 0.5) is 5.69 Å². The highest BCUT2D eigenvalue weighted by Crippen LogP contribution is 2.29. The molecule has 0 aliphatic carbocycles. The van der Waals surface area contributed by atoms with E-state index < -0.39 is 6.10 Å². The van der Waals surface area contributed by atoms with Gasteiger partial charge in [0.15, 0.2) is 17.6 Å². The molecular weight excluding hydrogens is 390 g/mol. The molecule has 1 atom stereocenters. The maximum Gasteiger partial charge on any atom is 0.265 e. The summed E-state index contributed by atoms with van der Waals surface area (Å²) in [6, 6.07) is 22.8. The molecule has 0 radical (unpaired) electrons. The molecule has 3 rings (SSSR count). The minimum atomic E-state index is -0.701. The van der Waals surface area contributed by atoms with Crippen LogP contribution < -0.4 is 19.5 Å². The number of anilines is 1. The van der Waals surface area contributed by atoms with Crippen LogP contribution in [0.15, 0.2) is 85.5 Å². The fourth-order valence-corrected chi connectivity index (χ4v) is 2.97. The van der Waals surface area contributed by atoms with Gasteiger partial charge in [-0.2, -0.15) is 0 Å². The second-order valence-electron chi connectivity index (χ2n) is 7.03. The summed E-state index contributed by atoms with van der Waals surface area (Å²) in [4.78, 5) is 12.6. The van der Waals surface area contributed by atoms with Gasteiger partial charge in [-0.3, -0.25) is 4.79 Å². The van der Waals surface area contributed by atoms with Crippen molar-refractivity contribution >= 4 is 11.6 Å². The molecule has 5 heteroatoms. The van der Waals surface area contributed by atoms with Crippen LogP contribution in [0.3, 0.4) is 0 Å². The first-order valence-corrected chi connectivity index (χ1v) is 10.1. The molecule has 0 spiro atoms. The average molecular weight is 418 g/mol. The monoisotopic (exact) mass is 417 g/mol. The Morgan fingerprint density at radius 1 is 1.00 bits per heavy atom. The highest BCUT2D eigenvalue weighted by Gasteiger charge is 2.17. The van der Waals surface area contributed by atoms with Crippen molar-refractivity contribution in [3.63, 3.8) is 0 Å². The van der Waals surface area contributed by atoms with Gasteiger partial charge < -0.3 is 19.5 Å². The van der Waals surface area contributed by atoms with Crippen molar-refractivity contribution in [3.8, 4) is 17.2 Å². The second kappa shape index (κ2) is 10.9. The number of allylic oxidation sites excluding steroid dienone is 1. The first-order valence-electron chi connectivity index (χ1n) is 10.1. The fourth-order valence-electron chi connectivity index (χ4n) is 2.97. The number of hydrogen-bond acceptors (Lipinski definition) is 4. The predicted molar refractivity (Wildman–Crippen MR) is 123 cm³/mol. The molecule has 160 valence electrons. The van der Waals surface area contributed by atoms with E-state index in [1.54, 1.807) is 32.2 Å². The summed E-state index contributed by atoms with van der Waals surface area (Å²) in [5.41, 5.74) is 2.82. The van der Waals surface area contributed by atoms with Crippen molar-refractivity contribution < 1.29 is 19.0 Å². The van der Waals surface area contributed by atoms with E-state index in [1.807, 2.05) is 60.7 Å². The number of amides is 1. The standard InChI is InChI=1S/C26H27NO4/c1-4-8-20-11-16-24(25(17-20)29-3)31-19(2)26(28)27-22-12-14-23(15-13-22)30-18-21-9-6-5-7-10-21/h4-7,9-17,19H,1,8,18H2,2-3H3,(H,27,28). The van der Waals surface area contributed by atoms with Gasteiger partial charge in [0.25, 0.3) is 5.91 Å². The number of ether oxygens (including phenoxy) is 3. The van der Waals surface area contributed by atoms with E-state index >= 15 is 0 Å². The van der Waals surface area contributed by atoms with Crippen molar-refractivity contribution in [2.45, 2.75) is 26.1 Å². The van der Waals surface area contributed by atoms with E-state index in [0.29, 0.717) is 23.8 Å². The topological polar surface area (TPSA) is 56.8 Å². The van der Waals surface area contributed by atoms with Crippen LogP contribution in [-0.4, -0.2) is 19.1 Å². The van der Waals surface area contributed by atoms with Crippen LogP contribution in [0, 0.1) is 0 Å². The van der Waals surface area contributed by atoms with Gasteiger partial charge >= 0.3 is 0 Å². The van der Waals surface area contributed by atoms with Gasteiger partial charge in [0.05, 0.1) is 7.11 Å². The zero-order valence-corrected chi connectivity index (χ0v) is 17.8. The number of benzene rings is 3. The lowest BCUT2D eigenvalue weighted by Gasteiger charge is -2.17. The number of rotatable bonds is 10. The van der Waals surface area contributed by atoms with Crippen molar-refractivity contribution in [3.05, 3.63) is 96.6 Å². The third-order valence-corrected chi connectivity index (χ3v) is 4.65. The molecule has 0 saturated carbocycles. The maximum atomic E-state index is 12.6. The smallest absolute Gasteiger partial charge is 0.265 e. The van der Waals surface area contributed by atoms with Crippen molar-refractivity contribution in [1.29, 1.82) is 0 Å². The summed E-state index contributed by atoms with van der Waals surface area (Å²) >= 11 is 0. The lowest BCUT2D eigenvalue weighted by atomic mass is 10.1. The molecule has 1 amide bonds. The molecule has 0 bridgehead atoms. The van der Waals surface area contributed by atoms with Crippen LogP contribution in [0.25, 0.3) is 0 Å². The van der Waals surface area contributed by atoms with Crippen LogP contribution in [-0.2, 0) is 17.8 Å². The molecule has 3 aromatic rings. The van der Waals surface area contributed by atoms with Crippen LogP contribution >= 0.6 is 0 Å². The molecule has 0 saturated heterocycles. The Balaban J connectivity index is 1.55. The number of carbonyl (C=O) groups is 1. The number of methoxy groups -OCH3 is 1. The molecule has 0 aromatic heterocycles. The van der Waals surface area contributed by atoms with Crippen molar-refractivity contribution in [2.75, 3.05) is 12.4 Å². The van der Waals surface area contributed by atoms with E-state index in [2.05, 4.69) is 11.9 Å². The summed E-state index contributed by atoms with van der Waals surface area (Å²) in [7, 11) is 1.58. The van der Waals surface area contributed by atoms with Crippen molar-refractivity contribution in [1.82, 2.24) is 0 Å². The van der Waals surface area contributed by atoms with E-state index in [9.17, 15) is 4.79 Å². The van der Waals surface area contributed by atoms with E-state index in [0.717, 1.165) is 23.3 Å². The van der Waals surface area contributed by atoms with Gasteiger partial charge in [-0.15, -0.1) is 6.58 Å². The Labute approximate surface area is 183 Å². The maximum absolute atomic E-state index is 12.6. The summed E-state index contributed by atoms with van der Waals surface area (Å²) < 4.78 is 17.0. The summed E-state index contributed by atoms with van der Waals surface area (Å²) in [6.07, 6.45) is 1.86. The van der Waals surface area contributed by atoms with Gasteiger partial charge in [-0.25, -0.2) is 0 Å². The molecule has 31 heavy (non-hydrogen) atoms. The van der Waals surface area contributed by atoms with Crippen molar-refractivity contribution in [2.24, 2.45) is 0 Å².